The summed E-state index contributed by atoms with van der Waals surface area (Å²) >= 11 is 0. The van der Waals surface area contributed by atoms with Gasteiger partial charge in [0, 0.05) is 43.2 Å². The molecule has 0 bridgehead atoms. The average molecular weight is 482 g/mol. The number of furan rings is 1. The maximum Gasteiger partial charge on any atom is 0.191 e. The van der Waals surface area contributed by atoms with Gasteiger partial charge in [0.2, 0.25) is 0 Å². The molecule has 0 saturated heterocycles. The summed E-state index contributed by atoms with van der Waals surface area (Å²) in [6.45, 7) is 5.66. The fourth-order valence-electron chi connectivity index (χ4n) is 2.75. The molecule has 0 atom stereocenters. The zero-order valence-electron chi connectivity index (χ0n) is 15.0. The SMILES string of the molecule is C=CCNC(=NCCc1ccco1)NCCc1c[nH]c2ccc(F)cc12.I. The topological polar surface area (TPSA) is 65.3 Å². The highest BCUT2D eigenvalue weighted by Crippen LogP contribution is 2.19. The molecule has 5 nitrogen and oxygen atoms in total. The molecule has 0 fully saturated rings. The monoisotopic (exact) mass is 482 g/mol. The van der Waals surface area contributed by atoms with Crippen LogP contribution in [-0.2, 0) is 12.8 Å². The van der Waals surface area contributed by atoms with Gasteiger partial charge in [-0.25, -0.2) is 4.39 Å². The molecule has 2 aromatic heterocycles. The number of hydrogen-bond acceptors (Lipinski definition) is 2. The Morgan fingerprint density at radius 3 is 2.93 bits per heavy atom. The Morgan fingerprint density at radius 2 is 2.15 bits per heavy atom. The zero-order valence-corrected chi connectivity index (χ0v) is 17.3. The normalized spacial score (nSPS) is 11.2. The van der Waals surface area contributed by atoms with Crippen molar-refractivity contribution < 1.29 is 8.81 Å². The van der Waals surface area contributed by atoms with Gasteiger partial charge in [-0.3, -0.25) is 4.99 Å². The van der Waals surface area contributed by atoms with Gasteiger partial charge in [0.25, 0.3) is 0 Å². The lowest BCUT2D eigenvalue weighted by Gasteiger charge is -2.11. The number of H-pyrrole nitrogens is 1. The fourth-order valence-corrected chi connectivity index (χ4v) is 2.75. The van der Waals surface area contributed by atoms with Crippen LogP contribution < -0.4 is 10.6 Å². The highest BCUT2D eigenvalue weighted by Gasteiger charge is 2.05. The maximum absolute atomic E-state index is 13.5. The Balaban J connectivity index is 0.00000261. The highest BCUT2D eigenvalue weighted by atomic mass is 127. The third-order valence-corrected chi connectivity index (χ3v) is 4.04. The van der Waals surface area contributed by atoms with Gasteiger partial charge in [-0.2, -0.15) is 0 Å². The Bertz CT molecular complexity index is 873. The van der Waals surface area contributed by atoms with E-state index in [1.165, 1.54) is 6.07 Å². The number of halogens is 2. The molecule has 1 aromatic carbocycles. The van der Waals surface area contributed by atoms with Crippen LogP contribution in [0.25, 0.3) is 10.9 Å². The van der Waals surface area contributed by atoms with Gasteiger partial charge in [-0.1, -0.05) is 6.08 Å². The van der Waals surface area contributed by atoms with Crippen molar-refractivity contribution in [1.29, 1.82) is 0 Å². The van der Waals surface area contributed by atoms with Crippen LogP contribution in [0.1, 0.15) is 11.3 Å². The van der Waals surface area contributed by atoms with Gasteiger partial charge in [0.05, 0.1) is 6.26 Å². The Morgan fingerprint density at radius 1 is 1.26 bits per heavy atom. The molecule has 2 heterocycles. The van der Waals surface area contributed by atoms with Crippen LogP contribution in [0.4, 0.5) is 4.39 Å². The van der Waals surface area contributed by atoms with Gasteiger partial charge >= 0.3 is 0 Å². The van der Waals surface area contributed by atoms with Gasteiger partial charge in [-0.15, -0.1) is 30.6 Å². The molecule has 3 rings (SSSR count). The van der Waals surface area contributed by atoms with Crippen LogP contribution >= 0.6 is 24.0 Å². The predicted octanol–water partition coefficient (Wildman–Crippen LogP) is 4.02. The van der Waals surface area contributed by atoms with Crippen molar-refractivity contribution in [2.24, 2.45) is 4.99 Å². The van der Waals surface area contributed by atoms with E-state index in [1.807, 2.05) is 18.3 Å². The highest BCUT2D eigenvalue weighted by molar-refractivity contribution is 14.0. The van der Waals surface area contributed by atoms with E-state index in [-0.39, 0.29) is 29.8 Å². The number of benzene rings is 1. The summed E-state index contributed by atoms with van der Waals surface area (Å²) in [7, 11) is 0. The molecule has 0 spiro atoms. The Hall–Kier alpha value is -2.29. The largest absolute Gasteiger partial charge is 0.469 e. The number of guanidine groups is 1. The van der Waals surface area contributed by atoms with Crippen LogP contribution in [0.15, 0.2) is 64.9 Å². The summed E-state index contributed by atoms with van der Waals surface area (Å²) in [4.78, 5) is 7.72. The average Bonchev–Trinajstić information content (AvgIpc) is 3.29. The van der Waals surface area contributed by atoms with E-state index < -0.39 is 0 Å². The standard InChI is InChI=1S/C20H23FN4O.HI/c1-2-9-22-20(24-11-8-17-4-3-12-26-17)23-10-7-15-14-25-19-6-5-16(21)13-18(15)19;/h2-6,12-14,25H,1,7-11H2,(H2,22,23,24);1H. The number of aromatic amines is 1. The quantitative estimate of drug-likeness (QED) is 0.197. The Kier molecular flexibility index (Phi) is 8.38. The van der Waals surface area contributed by atoms with Crippen molar-refractivity contribution in [3.8, 4) is 0 Å². The smallest absolute Gasteiger partial charge is 0.191 e. The van der Waals surface area contributed by atoms with Crippen LogP contribution in [0, 0.1) is 5.82 Å². The number of aromatic nitrogens is 1. The van der Waals surface area contributed by atoms with Gasteiger partial charge in [0.15, 0.2) is 5.96 Å². The molecule has 0 amide bonds. The van der Waals surface area contributed by atoms with Gasteiger partial charge in [-0.05, 0) is 42.3 Å². The summed E-state index contributed by atoms with van der Waals surface area (Å²) < 4.78 is 18.8. The lowest BCUT2D eigenvalue weighted by Crippen LogP contribution is -2.38. The van der Waals surface area contributed by atoms with E-state index in [2.05, 4.69) is 27.2 Å². The first-order valence-electron chi connectivity index (χ1n) is 8.67. The molecule has 0 aliphatic carbocycles. The summed E-state index contributed by atoms with van der Waals surface area (Å²) in [5.74, 6) is 1.42. The molecule has 0 aliphatic rings. The van der Waals surface area contributed by atoms with E-state index in [9.17, 15) is 4.39 Å². The summed E-state index contributed by atoms with van der Waals surface area (Å²) in [5.41, 5.74) is 2.02. The molecule has 27 heavy (non-hydrogen) atoms. The van der Waals surface area contributed by atoms with Gasteiger partial charge < -0.3 is 20.0 Å². The number of hydrogen-bond donors (Lipinski definition) is 3. The Labute approximate surface area is 175 Å². The van der Waals surface area contributed by atoms with Crippen LogP contribution in [0.3, 0.4) is 0 Å². The first-order chi connectivity index (χ1) is 12.8. The zero-order chi connectivity index (χ0) is 18.2. The van der Waals surface area contributed by atoms with Crippen molar-refractivity contribution in [2.45, 2.75) is 12.8 Å². The van der Waals surface area contributed by atoms with Crippen molar-refractivity contribution in [3.63, 3.8) is 0 Å². The van der Waals surface area contributed by atoms with Gasteiger partial charge in [0.1, 0.15) is 11.6 Å². The summed E-state index contributed by atoms with van der Waals surface area (Å²) in [6.07, 6.45) is 6.88. The summed E-state index contributed by atoms with van der Waals surface area (Å²) in [6, 6.07) is 8.60. The second-order valence-electron chi connectivity index (χ2n) is 5.91. The lowest BCUT2D eigenvalue weighted by molar-refractivity contribution is 0.510. The second kappa shape index (κ2) is 10.8. The van der Waals surface area contributed by atoms with Crippen molar-refractivity contribution in [3.05, 3.63) is 72.6 Å². The molecule has 0 aliphatic heterocycles. The van der Waals surface area contributed by atoms with Crippen molar-refractivity contribution in [1.82, 2.24) is 15.6 Å². The number of aliphatic imine (C=N–C) groups is 1. The lowest BCUT2D eigenvalue weighted by atomic mass is 10.1. The third-order valence-electron chi connectivity index (χ3n) is 4.04. The van der Waals surface area contributed by atoms with E-state index in [0.29, 0.717) is 19.6 Å². The molecule has 0 saturated carbocycles. The van der Waals surface area contributed by atoms with E-state index >= 15 is 0 Å². The van der Waals surface area contributed by atoms with Crippen LogP contribution in [-0.4, -0.2) is 30.6 Å². The molecule has 0 unspecified atom stereocenters. The first-order valence-corrected chi connectivity index (χ1v) is 8.67. The number of nitrogens with zero attached hydrogens (tertiary/aromatic N) is 1. The second-order valence-corrected chi connectivity index (χ2v) is 5.91. The first kappa shape index (κ1) is 21.0. The summed E-state index contributed by atoms with van der Waals surface area (Å²) in [5, 5.41) is 7.42. The fraction of sp³-hybridized carbons (Fsp3) is 0.250. The maximum atomic E-state index is 13.5. The van der Waals surface area contributed by atoms with E-state index in [1.54, 1.807) is 24.5 Å². The molecule has 3 N–H and O–H groups in total. The molecular weight excluding hydrogens is 458 g/mol. The van der Waals surface area contributed by atoms with Crippen molar-refractivity contribution in [2.75, 3.05) is 19.6 Å². The molecule has 144 valence electrons. The van der Waals surface area contributed by atoms with E-state index in [4.69, 9.17) is 4.42 Å². The molecule has 3 aromatic rings. The van der Waals surface area contributed by atoms with Crippen LogP contribution in [0.2, 0.25) is 0 Å². The molecular formula is C20H24FIN4O. The number of fused-ring (bicyclic) bond motifs is 1. The number of nitrogens with one attached hydrogen (secondary N) is 3. The molecule has 7 heteroatoms. The minimum atomic E-state index is -0.223. The molecule has 0 radical (unpaired) electrons. The third kappa shape index (κ3) is 6.13. The van der Waals surface area contributed by atoms with Crippen molar-refractivity contribution >= 4 is 40.8 Å². The van der Waals surface area contributed by atoms with Crippen LogP contribution in [0.5, 0.6) is 0 Å². The minimum absolute atomic E-state index is 0. The minimum Gasteiger partial charge on any atom is -0.469 e. The van der Waals surface area contributed by atoms with E-state index in [0.717, 1.165) is 41.0 Å². The number of rotatable bonds is 8. The predicted molar refractivity (Wildman–Crippen MR) is 118 cm³/mol.